The maximum atomic E-state index is 3.99. The summed E-state index contributed by atoms with van der Waals surface area (Å²) >= 11 is 0. The SMILES string of the molecule is CC(C)(C)C12CC3CC(CC(P(Cc4ccccc4C(P)(C4NCCCN4)C4NCCCN4)C45CC6CC(C4)CC(C(C)(C)C)(C6)C5)(C3)C1)C2. The molecule has 11 rings (SSSR count). The third-order valence-corrected chi connectivity index (χ3v) is 22.2. The molecule has 4 nitrogen and oxygen atoms in total. The van der Waals surface area contributed by atoms with Crippen molar-refractivity contribution in [2.45, 2.75) is 165 Å². The van der Waals surface area contributed by atoms with E-state index in [1.165, 1.54) is 70.4 Å². The zero-order chi connectivity index (χ0) is 34.8. The molecule has 6 heteroatoms. The summed E-state index contributed by atoms with van der Waals surface area (Å²) in [6.45, 7) is 20.2. The van der Waals surface area contributed by atoms with Crippen LogP contribution in [0.5, 0.6) is 0 Å². The lowest BCUT2D eigenvalue weighted by Gasteiger charge is -2.74. The molecule has 278 valence electrons. The van der Waals surface area contributed by atoms with Gasteiger partial charge in [0.1, 0.15) is 0 Å². The summed E-state index contributed by atoms with van der Waals surface area (Å²) in [6, 6.07) is 9.95. The lowest BCUT2D eigenvalue weighted by molar-refractivity contribution is -0.113. The van der Waals surface area contributed by atoms with E-state index in [-0.39, 0.29) is 25.4 Å². The molecule has 0 aromatic heterocycles. The average Bonchev–Trinajstić information content (AvgIpc) is 3.05. The third-order valence-electron chi connectivity index (χ3n) is 17.3. The molecule has 1 aromatic rings. The molecule has 0 amide bonds. The van der Waals surface area contributed by atoms with Crippen LogP contribution in [-0.4, -0.2) is 48.8 Å². The molecule has 4 N–H and O–H groups in total. The molecule has 0 radical (unpaired) electrons. The van der Waals surface area contributed by atoms with Gasteiger partial charge in [0.05, 0.1) is 17.5 Å². The molecule has 8 bridgehead atoms. The Bertz CT molecular complexity index is 1320. The first kappa shape index (κ1) is 35.6. The molecule has 0 spiro atoms. The fourth-order valence-corrected chi connectivity index (χ4v) is 21.3. The van der Waals surface area contributed by atoms with Gasteiger partial charge in [-0.3, -0.25) is 0 Å². The molecule has 8 aliphatic carbocycles. The van der Waals surface area contributed by atoms with Gasteiger partial charge in [-0.1, -0.05) is 73.7 Å². The minimum absolute atomic E-state index is 0.166. The second-order valence-corrected chi connectivity index (χ2v) is 26.0. The van der Waals surface area contributed by atoms with Crippen LogP contribution in [0.25, 0.3) is 0 Å². The first-order valence-electron chi connectivity index (χ1n) is 21.3. The van der Waals surface area contributed by atoms with Gasteiger partial charge in [0.2, 0.25) is 0 Å². The predicted octanol–water partition coefficient (Wildman–Crippen LogP) is 9.33. The van der Waals surface area contributed by atoms with Gasteiger partial charge < -0.3 is 21.3 Å². The van der Waals surface area contributed by atoms with Crippen LogP contribution in [-0.2, 0) is 11.3 Å². The molecule has 5 atom stereocenters. The highest BCUT2D eigenvalue weighted by Gasteiger charge is 2.69. The maximum Gasteiger partial charge on any atom is 0.0735 e. The van der Waals surface area contributed by atoms with Crippen LogP contribution in [0.4, 0.5) is 0 Å². The maximum absolute atomic E-state index is 3.99. The van der Waals surface area contributed by atoms with Crippen molar-refractivity contribution in [3.8, 4) is 0 Å². The normalized spacial score (nSPS) is 42.7. The number of hydrogen-bond donors (Lipinski definition) is 4. The Balaban J connectivity index is 1.19. The summed E-state index contributed by atoms with van der Waals surface area (Å²) < 4.78 is 0. The van der Waals surface area contributed by atoms with Gasteiger partial charge in [0.15, 0.2) is 0 Å². The smallest absolute Gasteiger partial charge is 0.0735 e. The lowest BCUT2D eigenvalue weighted by atomic mass is 9.43. The molecule has 2 saturated heterocycles. The van der Waals surface area contributed by atoms with E-state index in [0.29, 0.717) is 32.0 Å². The molecule has 10 fully saturated rings. The van der Waals surface area contributed by atoms with E-state index in [2.05, 4.69) is 96.3 Å². The fourth-order valence-electron chi connectivity index (χ4n) is 15.4. The molecular formula is C44H72N4P2. The second-order valence-electron chi connectivity index (χ2n) is 22.0. The number of rotatable bonds is 7. The largest absolute Gasteiger partial charge is 0.301 e. The summed E-state index contributed by atoms with van der Waals surface area (Å²) in [5.41, 5.74) is 5.15. The standard InChI is InChI=1S/C44H72N4P2/c1-38(2,3)40-19-30-17-31(20-40)24-42(23-30,28-40)50(43-25-32-18-33(26-43)22-41(21-32,29-43)39(4,5)6)27-34-11-7-8-12-35(34)44(49,36-45-13-9-14-46-36)37-47-15-10-16-48-37/h7-8,11-12,30-33,36-37,45-48H,9-10,13-29,49H2,1-6H3. The van der Waals surface area contributed by atoms with Crippen LogP contribution in [0.15, 0.2) is 24.3 Å². The van der Waals surface area contributed by atoms with Crippen molar-refractivity contribution in [3.05, 3.63) is 35.4 Å². The Kier molecular flexibility index (Phi) is 8.70. The predicted molar refractivity (Wildman–Crippen MR) is 216 cm³/mol. The van der Waals surface area contributed by atoms with Crippen LogP contribution in [0.2, 0.25) is 0 Å². The molecule has 2 aliphatic heterocycles. The van der Waals surface area contributed by atoms with E-state index in [1.54, 1.807) is 36.8 Å². The Morgan fingerprint density at radius 2 is 1.02 bits per heavy atom. The van der Waals surface area contributed by atoms with Crippen molar-refractivity contribution in [2.24, 2.45) is 45.3 Å². The first-order chi connectivity index (χ1) is 23.7. The quantitative estimate of drug-likeness (QED) is 0.213. The van der Waals surface area contributed by atoms with Gasteiger partial charge in [-0.05, 0) is 189 Å². The van der Waals surface area contributed by atoms with E-state index in [1.807, 2.05) is 0 Å². The van der Waals surface area contributed by atoms with Crippen LogP contribution in [0, 0.1) is 45.3 Å². The second kappa shape index (κ2) is 12.2. The number of benzene rings is 1. The Morgan fingerprint density at radius 1 is 0.620 bits per heavy atom. The Morgan fingerprint density at radius 3 is 1.42 bits per heavy atom. The Hall–Kier alpha value is -0.0800. The number of hydrogen-bond acceptors (Lipinski definition) is 4. The van der Waals surface area contributed by atoms with Gasteiger partial charge in [-0.15, -0.1) is 9.24 Å². The minimum Gasteiger partial charge on any atom is -0.301 e. The molecule has 5 unspecified atom stereocenters. The van der Waals surface area contributed by atoms with Crippen LogP contribution in [0.1, 0.15) is 143 Å². The summed E-state index contributed by atoms with van der Waals surface area (Å²) in [7, 11) is 3.26. The van der Waals surface area contributed by atoms with E-state index in [4.69, 9.17) is 0 Å². The molecule has 2 heterocycles. The van der Waals surface area contributed by atoms with E-state index >= 15 is 0 Å². The van der Waals surface area contributed by atoms with Crippen molar-refractivity contribution in [1.29, 1.82) is 0 Å². The van der Waals surface area contributed by atoms with Crippen molar-refractivity contribution in [3.63, 3.8) is 0 Å². The minimum atomic E-state index is -0.232. The average molecular weight is 719 g/mol. The first-order valence-corrected chi connectivity index (χ1v) is 23.4. The third kappa shape index (κ3) is 5.47. The lowest BCUT2D eigenvalue weighted by Crippen LogP contribution is -2.69. The van der Waals surface area contributed by atoms with Gasteiger partial charge in [0, 0.05) is 0 Å². The van der Waals surface area contributed by atoms with Crippen molar-refractivity contribution in [1.82, 2.24) is 21.3 Å². The number of nitrogens with one attached hydrogen (secondary N) is 4. The topological polar surface area (TPSA) is 48.1 Å². The fraction of sp³-hybridized carbons (Fsp3) is 0.864. The molecule has 1 aromatic carbocycles. The van der Waals surface area contributed by atoms with Crippen LogP contribution < -0.4 is 21.3 Å². The van der Waals surface area contributed by atoms with E-state index in [0.717, 1.165) is 49.9 Å². The van der Waals surface area contributed by atoms with Gasteiger partial charge >= 0.3 is 0 Å². The van der Waals surface area contributed by atoms with Crippen molar-refractivity contribution in [2.75, 3.05) is 26.2 Å². The van der Waals surface area contributed by atoms with Gasteiger partial charge in [-0.25, -0.2) is 0 Å². The Labute approximate surface area is 309 Å². The van der Waals surface area contributed by atoms with Crippen LogP contribution >= 0.6 is 17.2 Å². The van der Waals surface area contributed by atoms with Gasteiger partial charge in [-0.2, -0.15) is 0 Å². The molecule has 10 aliphatic rings. The van der Waals surface area contributed by atoms with Crippen LogP contribution in [0.3, 0.4) is 0 Å². The van der Waals surface area contributed by atoms with Crippen molar-refractivity contribution >= 4 is 17.2 Å². The zero-order valence-electron chi connectivity index (χ0n) is 32.7. The highest BCUT2D eigenvalue weighted by Crippen LogP contribution is 2.84. The summed E-state index contributed by atoms with van der Waals surface area (Å²) in [4.78, 5) is 0. The monoisotopic (exact) mass is 719 g/mol. The van der Waals surface area contributed by atoms with E-state index < -0.39 is 0 Å². The summed E-state index contributed by atoms with van der Waals surface area (Å²) in [6.07, 6.45) is 22.6. The van der Waals surface area contributed by atoms with Gasteiger partial charge in [0.25, 0.3) is 0 Å². The highest BCUT2D eigenvalue weighted by atomic mass is 31.1. The van der Waals surface area contributed by atoms with Crippen molar-refractivity contribution < 1.29 is 0 Å². The highest BCUT2D eigenvalue weighted by molar-refractivity contribution is 7.60. The summed E-state index contributed by atoms with van der Waals surface area (Å²) in [5, 5.41) is 16.9. The zero-order valence-corrected chi connectivity index (χ0v) is 34.8. The summed E-state index contributed by atoms with van der Waals surface area (Å²) in [5.74, 6) is 3.86. The molecular weight excluding hydrogens is 646 g/mol. The molecule has 50 heavy (non-hydrogen) atoms. The van der Waals surface area contributed by atoms with E-state index in [9.17, 15) is 0 Å². The molecule has 8 saturated carbocycles.